The highest BCUT2D eigenvalue weighted by Gasteiger charge is 2.31. The molecule has 1 fully saturated rings. The third-order valence-corrected chi connectivity index (χ3v) is 3.82. The van der Waals surface area contributed by atoms with Crippen LogP contribution < -0.4 is 5.32 Å². The zero-order chi connectivity index (χ0) is 10.8. The SMILES string of the molecule is CCC1(C)CN(C(C)C(C)C)CCN1. The van der Waals surface area contributed by atoms with Gasteiger partial charge in [0.15, 0.2) is 0 Å². The smallest absolute Gasteiger partial charge is 0.0278 e. The molecule has 2 heteroatoms. The first kappa shape index (κ1) is 12.0. The summed E-state index contributed by atoms with van der Waals surface area (Å²) in [4.78, 5) is 2.63. The standard InChI is InChI=1S/C12H26N2/c1-6-12(5)9-14(8-7-13-12)11(4)10(2)3/h10-11,13H,6-9H2,1-5H3. The summed E-state index contributed by atoms with van der Waals surface area (Å²) in [5.74, 6) is 0.759. The Kier molecular flexibility index (Phi) is 3.96. The van der Waals surface area contributed by atoms with Crippen LogP contribution in [0.2, 0.25) is 0 Å². The number of piperazine rings is 1. The Morgan fingerprint density at radius 3 is 2.50 bits per heavy atom. The van der Waals surface area contributed by atoms with Crippen molar-refractivity contribution in [1.29, 1.82) is 0 Å². The predicted molar refractivity (Wildman–Crippen MR) is 62.6 cm³/mol. The highest BCUT2D eigenvalue weighted by molar-refractivity contribution is 4.91. The van der Waals surface area contributed by atoms with Crippen molar-refractivity contribution in [2.24, 2.45) is 5.92 Å². The van der Waals surface area contributed by atoms with Gasteiger partial charge in [0.1, 0.15) is 0 Å². The second-order valence-corrected chi connectivity index (χ2v) is 5.30. The van der Waals surface area contributed by atoms with Crippen LogP contribution in [0.5, 0.6) is 0 Å². The largest absolute Gasteiger partial charge is 0.309 e. The van der Waals surface area contributed by atoms with Gasteiger partial charge in [0.2, 0.25) is 0 Å². The first-order valence-corrected chi connectivity index (χ1v) is 5.97. The number of hydrogen-bond acceptors (Lipinski definition) is 2. The molecular formula is C12H26N2. The summed E-state index contributed by atoms with van der Waals surface area (Å²) in [6.45, 7) is 15.1. The molecule has 0 aromatic carbocycles. The fourth-order valence-corrected chi connectivity index (χ4v) is 2.09. The minimum Gasteiger partial charge on any atom is -0.309 e. The molecule has 0 bridgehead atoms. The fraction of sp³-hybridized carbons (Fsp3) is 1.00. The van der Waals surface area contributed by atoms with Gasteiger partial charge >= 0.3 is 0 Å². The summed E-state index contributed by atoms with van der Waals surface area (Å²) in [5, 5.41) is 3.63. The molecule has 0 aromatic heterocycles. The van der Waals surface area contributed by atoms with Gasteiger partial charge in [-0.05, 0) is 26.2 Å². The van der Waals surface area contributed by atoms with E-state index in [9.17, 15) is 0 Å². The summed E-state index contributed by atoms with van der Waals surface area (Å²) in [6.07, 6.45) is 1.22. The minimum atomic E-state index is 0.335. The average molecular weight is 198 g/mol. The molecule has 0 amide bonds. The first-order chi connectivity index (χ1) is 6.48. The summed E-state index contributed by atoms with van der Waals surface area (Å²) >= 11 is 0. The van der Waals surface area contributed by atoms with E-state index in [-0.39, 0.29) is 0 Å². The molecule has 2 atom stereocenters. The number of nitrogens with zero attached hydrogens (tertiary/aromatic N) is 1. The van der Waals surface area contributed by atoms with Gasteiger partial charge < -0.3 is 5.32 Å². The lowest BCUT2D eigenvalue weighted by molar-refractivity contribution is 0.0845. The molecule has 1 rings (SSSR count). The van der Waals surface area contributed by atoms with E-state index in [0.717, 1.165) is 12.5 Å². The fourth-order valence-electron chi connectivity index (χ4n) is 2.09. The van der Waals surface area contributed by atoms with Crippen LogP contribution in [0.4, 0.5) is 0 Å². The second-order valence-electron chi connectivity index (χ2n) is 5.30. The third kappa shape index (κ3) is 2.71. The highest BCUT2D eigenvalue weighted by atomic mass is 15.2. The maximum absolute atomic E-state index is 3.63. The zero-order valence-electron chi connectivity index (χ0n) is 10.4. The molecule has 2 unspecified atom stereocenters. The molecule has 1 N–H and O–H groups in total. The average Bonchev–Trinajstić information content (AvgIpc) is 2.16. The molecule has 0 radical (unpaired) electrons. The van der Waals surface area contributed by atoms with Crippen molar-refractivity contribution in [3.05, 3.63) is 0 Å². The van der Waals surface area contributed by atoms with Crippen LogP contribution in [-0.4, -0.2) is 36.1 Å². The summed E-state index contributed by atoms with van der Waals surface area (Å²) in [5.41, 5.74) is 0.335. The maximum atomic E-state index is 3.63. The lowest BCUT2D eigenvalue weighted by Crippen LogP contribution is -2.60. The molecule has 1 aliphatic heterocycles. The van der Waals surface area contributed by atoms with Crippen molar-refractivity contribution in [2.45, 2.75) is 52.6 Å². The number of rotatable bonds is 3. The van der Waals surface area contributed by atoms with Gasteiger partial charge in [-0.25, -0.2) is 0 Å². The molecule has 1 aliphatic rings. The molecule has 0 saturated carbocycles. The van der Waals surface area contributed by atoms with Crippen LogP contribution in [-0.2, 0) is 0 Å². The van der Waals surface area contributed by atoms with Gasteiger partial charge in [-0.15, -0.1) is 0 Å². The summed E-state index contributed by atoms with van der Waals surface area (Å²) in [7, 11) is 0. The summed E-state index contributed by atoms with van der Waals surface area (Å²) in [6, 6.07) is 0.711. The van der Waals surface area contributed by atoms with Crippen molar-refractivity contribution in [3.63, 3.8) is 0 Å². The first-order valence-electron chi connectivity index (χ1n) is 5.97. The Morgan fingerprint density at radius 2 is 2.00 bits per heavy atom. The van der Waals surface area contributed by atoms with Crippen molar-refractivity contribution in [1.82, 2.24) is 10.2 Å². The number of nitrogens with one attached hydrogen (secondary N) is 1. The Hall–Kier alpha value is -0.0800. The Labute approximate surface area is 89.1 Å². The Morgan fingerprint density at radius 1 is 1.36 bits per heavy atom. The van der Waals surface area contributed by atoms with E-state index in [4.69, 9.17) is 0 Å². The van der Waals surface area contributed by atoms with E-state index in [1.54, 1.807) is 0 Å². The lowest BCUT2D eigenvalue weighted by atomic mass is 9.93. The maximum Gasteiger partial charge on any atom is 0.0278 e. The van der Waals surface area contributed by atoms with Gasteiger partial charge in [0.05, 0.1) is 0 Å². The van der Waals surface area contributed by atoms with Crippen LogP contribution in [0, 0.1) is 5.92 Å². The molecule has 1 saturated heterocycles. The van der Waals surface area contributed by atoms with Crippen molar-refractivity contribution >= 4 is 0 Å². The van der Waals surface area contributed by atoms with E-state index >= 15 is 0 Å². The van der Waals surface area contributed by atoms with Crippen LogP contribution in [0.3, 0.4) is 0 Å². The third-order valence-electron chi connectivity index (χ3n) is 3.82. The van der Waals surface area contributed by atoms with Crippen molar-refractivity contribution in [2.75, 3.05) is 19.6 Å². The monoisotopic (exact) mass is 198 g/mol. The molecular weight excluding hydrogens is 172 g/mol. The van der Waals surface area contributed by atoms with Gasteiger partial charge in [-0.1, -0.05) is 20.8 Å². The zero-order valence-corrected chi connectivity index (χ0v) is 10.4. The van der Waals surface area contributed by atoms with Crippen LogP contribution >= 0.6 is 0 Å². The molecule has 84 valence electrons. The molecule has 1 heterocycles. The lowest BCUT2D eigenvalue weighted by Gasteiger charge is -2.44. The van der Waals surface area contributed by atoms with Gasteiger partial charge in [-0.2, -0.15) is 0 Å². The normalized spacial score (nSPS) is 32.1. The quantitative estimate of drug-likeness (QED) is 0.747. The van der Waals surface area contributed by atoms with Crippen LogP contribution in [0.25, 0.3) is 0 Å². The van der Waals surface area contributed by atoms with Gasteiger partial charge in [-0.3, -0.25) is 4.90 Å². The van der Waals surface area contributed by atoms with Gasteiger partial charge in [0.25, 0.3) is 0 Å². The van der Waals surface area contributed by atoms with E-state index in [1.807, 2.05) is 0 Å². The van der Waals surface area contributed by atoms with E-state index in [1.165, 1.54) is 19.5 Å². The molecule has 14 heavy (non-hydrogen) atoms. The molecule has 0 aromatic rings. The topological polar surface area (TPSA) is 15.3 Å². The molecule has 0 aliphatic carbocycles. The minimum absolute atomic E-state index is 0.335. The number of hydrogen-bond donors (Lipinski definition) is 1. The molecule has 2 nitrogen and oxygen atoms in total. The van der Waals surface area contributed by atoms with Crippen LogP contribution in [0.15, 0.2) is 0 Å². The van der Waals surface area contributed by atoms with Gasteiger partial charge in [0, 0.05) is 31.2 Å². The second kappa shape index (κ2) is 4.63. The van der Waals surface area contributed by atoms with E-state index in [0.29, 0.717) is 11.6 Å². The Balaban J connectivity index is 2.56. The summed E-state index contributed by atoms with van der Waals surface area (Å²) < 4.78 is 0. The predicted octanol–water partition coefficient (Wildman–Crippen LogP) is 2.10. The Bertz CT molecular complexity index is 179. The van der Waals surface area contributed by atoms with Crippen molar-refractivity contribution in [3.8, 4) is 0 Å². The molecule has 0 spiro atoms. The van der Waals surface area contributed by atoms with E-state index in [2.05, 4.69) is 44.8 Å². The van der Waals surface area contributed by atoms with E-state index < -0.39 is 0 Å². The highest BCUT2D eigenvalue weighted by Crippen LogP contribution is 2.19. The van der Waals surface area contributed by atoms with Crippen LogP contribution in [0.1, 0.15) is 41.0 Å². The van der Waals surface area contributed by atoms with Crippen molar-refractivity contribution < 1.29 is 0 Å².